The van der Waals surface area contributed by atoms with Gasteiger partial charge >= 0.3 is 5.97 Å². The van der Waals surface area contributed by atoms with Crippen LogP contribution in [0.2, 0.25) is 0 Å². The van der Waals surface area contributed by atoms with Gasteiger partial charge in [0.1, 0.15) is 5.78 Å². The zero-order valence-corrected chi connectivity index (χ0v) is 12.1. The molecule has 0 radical (unpaired) electrons. The summed E-state index contributed by atoms with van der Waals surface area (Å²) in [5.41, 5.74) is 0.203. The Hall–Kier alpha value is -0.430. The summed E-state index contributed by atoms with van der Waals surface area (Å²) in [5, 5.41) is 0. The molecule has 1 heterocycles. The number of ether oxygens (including phenoxy) is 1. The molecule has 4 atom stereocenters. The van der Waals surface area contributed by atoms with Crippen molar-refractivity contribution < 1.29 is 14.3 Å². The number of hydrogen-bond donors (Lipinski definition) is 0. The van der Waals surface area contributed by atoms with E-state index in [1.54, 1.807) is 6.92 Å². The molecule has 17 heavy (non-hydrogen) atoms. The zero-order valence-electron chi connectivity index (χ0n) is 11.2. The zero-order chi connectivity index (χ0) is 13.0. The molecule has 1 fully saturated rings. The number of carbonyl (C=O) groups is 2. The lowest BCUT2D eigenvalue weighted by Crippen LogP contribution is -2.22. The van der Waals surface area contributed by atoms with Crippen molar-refractivity contribution in [2.75, 3.05) is 18.9 Å². The topological polar surface area (TPSA) is 43.4 Å². The number of carbonyl (C=O) groups excluding carboxylic acids is 2. The van der Waals surface area contributed by atoms with Gasteiger partial charge in [0.15, 0.2) is 0 Å². The highest BCUT2D eigenvalue weighted by molar-refractivity contribution is 7.59. The van der Waals surface area contributed by atoms with E-state index < -0.39 is 0 Å². The quantitative estimate of drug-likeness (QED) is 0.562. The second-order valence-corrected chi connectivity index (χ2v) is 7.49. The minimum Gasteiger partial charge on any atom is -0.466 e. The van der Waals surface area contributed by atoms with Gasteiger partial charge in [-0.15, -0.1) is 0 Å². The molecule has 0 aromatic rings. The number of rotatable bonds is 5. The lowest BCUT2D eigenvalue weighted by molar-refractivity contribution is -0.142. The van der Waals surface area contributed by atoms with Crippen LogP contribution in [0.4, 0.5) is 0 Å². The average molecular weight is 258 g/mol. The Labute approximate surface area is 105 Å². The SMILES string of the molecule is CCOC(=O)CCP1CC(C)C(C)C1C(C)=O. The van der Waals surface area contributed by atoms with Crippen molar-refractivity contribution in [3.05, 3.63) is 0 Å². The second-order valence-electron chi connectivity index (χ2n) is 4.94. The molecule has 0 aromatic carbocycles. The molecule has 4 unspecified atom stereocenters. The Morgan fingerprint density at radius 1 is 1.35 bits per heavy atom. The highest BCUT2D eigenvalue weighted by Gasteiger charge is 2.40. The first kappa shape index (κ1) is 14.6. The fourth-order valence-corrected chi connectivity index (χ4v) is 6.32. The molecule has 98 valence electrons. The van der Waals surface area contributed by atoms with Gasteiger partial charge in [0, 0.05) is 12.1 Å². The predicted molar refractivity (Wildman–Crippen MR) is 70.7 cm³/mol. The van der Waals surface area contributed by atoms with Gasteiger partial charge < -0.3 is 4.74 Å². The molecule has 4 heteroatoms. The molecule has 0 saturated carbocycles. The summed E-state index contributed by atoms with van der Waals surface area (Å²) in [6, 6.07) is 0. The summed E-state index contributed by atoms with van der Waals surface area (Å²) in [6.07, 6.45) is 2.45. The molecule has 1 aliphatic heterocycles. The molecule has 0 spiro atoms. The van der Waals surface area contributed by atoms with Gasteiger partial charge in [0.05, 0.1) is 6.61 Å². The van der Waals surface area contributed by atoms with Crippen LogP contribution in [-0.2, 0) is 14.3 Å². The minimum absolute atomic E-state index is 0.121. The van der Waals surface area contributed by atoms with E-state index in [9.17, 15) is 9.59 Å². The maximum Gasteiger partial charge on any atom is 0.306 e. The third kappa shape index (κ3) is 3.77. The standard InChI is InChI=1S/C13H23O3P/c1-5-16-12(15)6-7-17-8-9(2)10(3)13(17)11(4)14/h9-10,13H,5-8H2,1-4H3. The van der Waals surface area contributed by atoms with Gasteiger partial charge in [-0.25, -0.2) is 0 Å². The van der Waals surface area contributed by atoms with Gasteiger partial charge in [0.2, 0.25) is 0 Å². The van der Waals surface area contributed by atoms with Crippen LogP contribution in [0.15, 0.2) is 0 Å². The van der Waals surface area contributed by atoms with Crippen LogP contribution in [0, 0.1) is 11.8 Å². The molecule has 0 aliphatic carbocycles. The van der Waals surface area contributed by atoms with Gasteiger partial charge in [-0.05, 0) is 38.0 Å². The summed E-state index contributed by atoms with van der Waals surface area (Å²) in [7, 11) is -0.320. The highest BCUT2D eigenvalue weighted by Crippen LogP contribution is 2.55. The summed E-state index contributed by atoms with van der Waals surface area (Å²) in [4.78, 5) is 23.0. The first-order valence-corrected chi connectivity index (χ1v) is 8.15. The predicted octanol–water partition coefficient (Wildman–Crippen LogP) is 2.66. The molecule has 1 saturated heterocycles. The minimum atomic E-state index is -0.320. The summed E-state index contributed by atoms with van der Waals surface area (Å²) < 4.78 is 4.94. The maximum absolute atomic E-state index is 11.7. The first-order chi connectivity index (χ1) is 7.97. The summed E-state index contributed by atoms with van der Waals surface area (Å²) in [5.74, 6) is 1.26. The molecule has 1 aliphatic rings. The fourth-order valence-electron chi connectivity index (χ4n) is 2.62. The van der Waals surface area contributed by atoms with Crippen LogP contribution < -0.4 is 0 Å². The second kappa shape index (κ2) is 6.49. The number of ketones is 1. The third-order valence-electron chi connectivity index (χ3n) is 3.64. The van der Waals surface area contributed by atoms with E-state index in [1.807, 2.05) is 6.92 Å². The van der Waals surface area contributed by atoms with Crippen molar-refractivity contribution in [1.29, 1.82) is 0 Å². The molecular formula is C13H23O3P. The van der Waals surface area contributed by atoms with E-state index in [2.05, 4.69) is 13.8 Å². The van der Waals surface area contributed by atoms with E-state index in [4.69, 9.17) is 4.74 Å². The maximum atomic E-state index is 11.7. The molecule has 3 nitrogen and oxygen atoms in total. The van der Waals surface area contributed by atoms with E-state index in [0.717, 1.165) is 12.3 Å². The molecule has 0 aromatic heterocycles. The van der Waals surface area contributed by atoms with Crippen molar-refractivity contribution in [3.63, 3.8) is 0 Å². The fraction of sp³-hybridized carbons (Fsp3) is 0.846. The van der Waals surface area contributed by atoms with E-state index in [1.165, 1.54) is 0 Å². The Kier molecular flexibility index (Phi) is 5.58. The van der Waals surface area contributed by atoms with Crippen molar-refractivity contribution >= 4 is 19.7 Å². The van der Waals surface area contributed by atoms with Gasteiger partial charge in [0.25, 0.3) is 0 Å². The summed E-state index contributed by atoms with van der Waals surface area (Å²) >= 11 is 0. The molecule has 0 N–H and O–H groups in total. The molecule has 1 rings (SSSR count). The number of hydrogen-bond acceptors (Lipinski definition) is 3. The van der Waals surface area contributed by atoms with Crippen molar-refractivity contribution in [3.8, 4) is 0 Å². The average Bonchev–Trinajstić information content (AvgIpc) is 2.52. The van der Waals surface area contributed by atoms with E-state index in [-0.39, 0.29) is 19.5 Å². The van der Waals surface area contributed by atoms with Gasteiger partial charge in [-0.2, -0.15) is 0 Å². The largest absolute Gasteiger partial charge is 0.466 e. The van der Waals surface area contributed by atoms with Crippen molar-refractivity contribution in [1.82, 2.24) is 0 Å². The molecule has 0 bridgehead atoms. The Morgan fingerprint density at radius 2 is 2.00 bits per heavy atom. The Balaban J connectivity index is 2.52. The normalized spacial score (nSPS) is 32.5. The summed E-state index contributed by atoms with van der Waals surface area (Å²) in [6.45, 7) is 8.34. The van der Waals surface area contributed by atoms with Crippen LogP contribution in [-0.4, -0.2) is 36.3 Å². The number of Topliss-reactive ketones (excluding diaryl/α,β-unsaturated/α-hetero) is 1. The van der Waals surface area contributed by atoms with Crippen LogP contribution in [0.1, 0.15) is 34.1 Å². The molecular weight excluding hydrogens is 235 g/mol. The smallest absolute Gasteiger partial charge is 0.306 e. The van der Waals surface area contributed by atoms with Crippen LogP contribution in [0.3, 0.4) is 0 Å². The van der Waals surface area contributed by atoms with E-state index >= 15 is 0 Å². The van der Waals surface area contributed by atoms with E-state index in [0.29, 0.717) is 30.6 Å². The van der Waals surface area contributed by atoms with Crippen LogP contribution in [0.25, 0.3) is 0 Å². The first-order valence-electron chi connectivity index (χ1n) is 6.37. The Bertz CT molecular complexity index is 290. The Morgan fingerprint density at radius 3 is 2.53 bits per heavy atom. The molecule has 0 amide bonds. The van der Waals surface area contributed by atoms with Gasteiger partial charge in [-0.1, -0.05) is 21.8 Å². The monoisotopic (exact) mass is 258 g/mol. The van der Waals surface area contributed by atoms with Crippen LogP contribution in [0.5, 0.6) is 0 Å². The van der Waals surface area contributed by atoms with Gasteiger partial charge in [-0.3, -0.25) is 9.59 Å². The third-order valence-corrected chi connectivity index (χ3v) is 7.10. The lowest BCUT2D eigenvalue weighted by atomic mass is 9.93. The lowest BCUT2D eigenvalue weighted by Gasteiger charge is -2.20. The van der Waals surface area contributed by atoms with Crippen molar-refractivity contribution in [2.45, 2.75) is 39.8 Å². The highest BCUT2D eigenvalue weighted by atomic mass is 31.1. The van der Waals surface area contributed by atoms with Crippen LogP contribution >= 0.6 is 7.92 Å². The van der Waals surface area contributed by atoms with Crippen molar-refractivity contribution in [2.24, 2.45) is 11.8 Å². The number of esters is 1.